The van der Waals surface area contributed by atoms with Crippen molar-refractivity contribution in [2.24, 2.45) is 0 Å². The van der Waals surface area contributed by atoms with Gasteiger partial charge in [0, 0.05) is 19.2 Å². The van der Waals surface area contributed by atoms with Gasteiger partial charge in [-0.2, -0.15) is 0 Å². The molecule has 1 saturated heterocycles. The topological polar surface area (TPSA) is 32.7 Å². The van der Waals surface area contributed by atoms with Crippen LogP contribution in [0.3, 0.4) is 0 Å². The van der Waals surface area contributed by atoms with E-state index in [9.17, 15) is 5.11 Å². The number of hydrogen-bond acceptors (Lipinski definition) is 3. The van der Waals surface area contributed by atoms with Crippen LogP contribution in [0, 0.1) is 0 Å². The van der Waals surface area contributed by atoms with Gasteiger partial charge in [0.15, 0.2) is 0 Å². The fourth-order valence-corrected chi connectivity index (χ4v) is 1.91. The smallest absolute Gasteiger partial charge is 0.0702 e. The molecule has 0 radical (unpaired) electrons. The molecule has 1 fully saturated rings. The Morgan fingerprint density at radius 3 is 2.79 bits per heavy atom. The van der Waals surface area contributed by atoms with E-state index in [1.54, 1.807) is 0 Å². The first-order valence-electron chi connectivity index (χ1n) is 5.65. The molecule has 1 aliphatic heterocycles. The molecule has 0 saturated carbocycles. The van der Waals surface area contributed by atoms with Crippen molar-refractivity contribution >= 4 is 0 Å². The maximum Gasteiger partial charge on any atom is 0.0702 e. The van der Waals surface area contributed by atoms with E-state index < -0.39 is 0 Å². The molecular weight excluding hydrogens is 178 g/mol. The minimum Gasteiger partial charge on any atom is -0.392 e. The van der Waals surface area contributed by atoms with E-state index >= 15 is 0 Å². The first-order valence-corrected chi connectivity index (χ1v) is 5.65. The van der Waals surface area contributed by atoms with Crippen molar-refractivity contribution < 1.29 is 9.84 Å². The molecule has 1 rings (SSSR count). The lowest BCUT2D eigenvalue weighted by molar-refractivity contribution is 0.0289. The average molecular weight is 201 g/mol. The van der Waals surface area contributed by atoms with Crippen LogP contribution in [0.15, 0.2) is 0 Å². The Morgan fingerprint density at radius 2 is 2.29 bits per heavy atom. The van der Waals surface area contributed by atoms with Crippen LogP contribution >= 0.6 is 0 Å². The first-order chi connectivity index (χ1) is 6.65. The van der Waals surface area contributed by atoms with Gasteiger partial charge in [-0.1, -0.05) is 6.92 Å². The van der Waals surface area contributed by atoms with Crippen molar-refractivity contribution in [1.82, 2.24) is 4.90 Å². The number of nitrogens with zero attached hydrogens (tertiary/aromatic N) is 1. The van der Waals surface area contributed by atoms with Gasteiger partial charge in [-0.3, -0.25) is 4.90 Å². The van der Waals surface area contributed by atoms with E-state index in [-0.39, 0.29) is 12.1 Å². The lowest BCUT2D eigenvalue weighted by Gasteiger charge is -2.30. The second kappa shape index (κ2) is 5.69. The molecule has 3 atom stereocenters. The predicted molar refractivity (Wildman–Crippen MR) is 57.4 cm³/mol. The van der Waals surface area contributed by atoms with Crippen LogP contribution in [-0.2, 0) is 4.74 Å². The summed E-state index contributed by atoms with van der Waals surface area (Å²) in [4.78, 5) is 2.20. The Labute approximate surface area is 87.1 Å². The zero-order valence-electron chi connectivity index (χ0n) is 9.57. The fourth-order valence-electron chi connectivity index (χ4n) is 1.91. The second-order valence-corrected chi connectivity index (χ2v) is 4.29. The van der Waals surface area contributed by atoms with Crippen molar-refractivity contribution in [3.8, 4) is 0 Å². The fraction of sp³-hybridized carbons (Fsp3) is 1.00. The van der Waals surface area contributed by atoms with E-state index in [4.69, 9.17) is 4.74 Å². The third-order valence-corrected chi connectivity index (χ3v) is 3.19. The number of ether oxygens (including phenoxy) is 1. The maximum atomic E-state index is 9.69. The Kier molecular flexibility index (Phi) is 4.85. The number of rotatable bonds is 5. The number of aliphatic hydroxyl groups excluding tert-OH is 1. The van der Waals surface area contributed by atoms with Crippen molar-refractivity contribution in [3.05, 3.63) is 0 Å². The van der Waals surface area contributed by atoms with Crippen molar-refractivity contribution in [2.45, 2.75) is 51.4 Å². The minimum absolute atomic E-state index is 0.221. The van der Waals surface area contributed by atoms with Gasteiger partial charge in [-0.25, -0.2) is 0 Å². The summed E-state index contributed by atoms with van der Waals surface area (Å²) >= 11 is 0. The summed E-state index contributed by atoms with van der Waals surface area (Å²) in [7, 11) is 2.06. The lowest BCUT2D eigenvalue weighted by Crippen LogP contribution is -2.42. The van der Waals surface area contributed by atoms with Crippen LogP contribution in [0.2, 0.25) is 0 Å². The molecular formula is C11H23NO2. The SMILES string of the molecule is CCC(O)C(C)N(C)CC1CCCO1. The second-order valence-electron chi connectivity index (χ2n) is 4.29. The Morgan fingerprint density at radius 1 is 1.57 bits per heavy atom. The molecule has 14 heavy (non-hydrogen) atoms. The molecule has 0 aromatic heterocycles. The van der Waals surface area contributed by atoms with Gasteiger partial charge in [-0.15, -0.1) is 0 Å². The van der Waals surface area contributed by atoms with Crippen LogP contribution in [0.4, 0.5) is 0 Å². The van der Waals surface area contributed by atoms with Crippen LogP contribution in [0.5, 0.6) is 0 Å². The van der Waals surface area contributed by atoms with Crippen LogP contribution in [0.1, 0.15) is 33.1 Å². The van der Waals surface area contributed by atoms with E-state index in [0.29, 0.717) is 6.10 Å². The highest BCUT2D eigenvalue weighted by atomic mass is 16.5. The molecule has 0 amide bonds. The van der Waals surface area contributed by atoms with E-state index in [2.05, 4.69) is 18.9 Å². The Hall–Kier alpha value is -0.120. The molecule has 0 aliphatic carbocycles. The van der Waals surface area contributed by atoms with E-state index in [1.165, 1.54) is 12.8 Å². The third-order valence-electron chi connectivity index (χ3n) is 3.19. The first kappa shape index (κ1) is 12.0. The molecule has 0 aromatic rings. The number of likely N-dealkylation sites (N-methyl/N-ethyl adjacent to an activating group) is 1. The standard InChI is InChI=1S/C11H23NO2/c1-4-11(13)9(2)12(3)8-10-6-5-7-14-10/h9-11,13H,4-8H2,1-3H3. The van der Waals surface area contributed by atoms with Gasteiger partial charge >= 0.3 is 0 Å². The summed E-state index contributed by atoms with van der Waals surface area (Å²) in [5.74, 6) is 0. The highest BCUT2D eigenvalue weighted by Gasteiger charge is 2.22. The summed E-state index contributed by atoms with van der Waals surface area (Å²) in [5, 5.41) is 9.69. The molecule has 0 bridgehead atoms. The molecule has 0 spiro atoms. The highest BCUT2D eigenvalue weighted by molar-refractivity contribution is 4.76. The largest absolute Gasteiger partial charge is 0.392 e. The molecule has 0 aromatic carbocycles. The predicted octanol–water partition coefficient (Wildman–Crippen LogP) is 1.26. The minimum atomic E-state index is -0.221. The third kappa shape index (κ3) is 3.23. The van der Waals surface area contributed by atoms with Crippen LogP contribution in [0.25, 0.3) is 0 Å². The van der Waals surface area contributed by atoms with Gasteiger partial charge in [0.05, 0.1) is 12.2 Å². The van der Waals surface area contributed by atoms with Crippen molar-refractivity contribution in [3.63, 3.8) is 0 Å². The lowest BCUT2D eigenvalue weighted by atomic mass is 10.1. The monoisotopic (exact) mass is 201 g/mol. The van der Waals surface area contributed by atoms with Gasteiger partial charge < -0.3 is 9.84 Å². The van der Waals surface area contributed by atoms with Gasteiger partial charge in [0.2, 0.25) is 0 Å². The highest BCUT2D eigenvalue weighted by Crippen LogP contribution is 2.15. The molecule has 3 nitrogen and oxygen atoms in total. The number of aliphatic hydroxyl groups is 1. The average Bonchev–Trinajstić information content (AvgIpc) is 2.68. The normalized spacial score (nSPS) is 26.8. The molecule has 3 heteroatoms. The molecule has 1 N–H and O–H groups in total. The summed E-state index contributed by atoms with van der Waals surface area (Å²) in [5.41, 5.74) is 0. The molecule has 1 aliphatic rings. The van der Waals surface area contributed by atoms with Gasteiger partial charge in [0.25, 0.3) is 0 Å². The summed E-state index contributed by atoms with van der Waals surface area (Å²) in [6.07, 6.45) is 3.33. The Balaban J connectivity index is 2.28. The Bertz CT molecular complexity index is 157. The molecule has 3 unspecified atom stereocenters. The maximum absolute atomic E-state index is 9.69. The molecule has 84 valence electrons. The van der Waals surface area contributed by atoms with Crippen LogP contribution in [-0.4, -0.2) is 48.5 Å². The summed E-state index contributed by atoms with van der Waals surface area (Å²) < 4.78 is 5.56. The number of hydrogen-bond donors (Lipinski definition) is 1. The zero-order chi connectivity index (χ0) is 10.6. The van der Waals surface area contributed by atoms with Gasteiger partial charge in [-0.05, 0) is 33.2 Å². The quantitative estimate of drug-likeness (QED) is 0.727. The molecule has 1 heterocycles. The summed E-state index contributed by atoms with van der Waals surface area (Å²) in [6.45, 7) is 5.94. The van der Waals surface area contributed by atoms with Crippen LogP contribution < -0.4 is 0 Å². The van der Waals surface area contributed by atoms with E-state index in [0.717, 1.165) is 19.6 Å². The van der Waals surface area contributed by atoms with Crippen molar-refractivity contribution in [1.29, 1.82) is 0 Å². The van der Waals surface area contributed by atoms with E-state index in [1.807, 2.05) is 6.92 Å². The van der Waals surface area contributed by atoms with Crippen molar-refractivity contribution in [2.75, 3.05) is 20.2 Å². The zero-order valence-corrected chi connectivity index (χ0v) is 9.57. The van der Waals surface area contributed by atoms with Gasteiger partial charge in [0.1, 0.15) is 0 Å². The summed E-state index contributed by atoms with van der Waals surface area (Å²) in [6, 6.07) is 0.226.